The minimum absolute atomic E-state index is 0.365. The van der Waals surface area contributed by atoms with Crippen molar-refractivity contribution in [1.82, 2.24) is 4.90 Å². The van der Waals surface area contributed by atoms with E-state index in [0.717, 1.165) is 12.0 Å². The van der Waals surface area contributed by atoms with Crippen LogP contribution >= 0.6 is 0 Å². The maximum absolute atomic E-state index is 6.52. The zero-order valence-electron chi connectivity index (χ0n) is 13.5. The summed E-state index contributed by atoms with van der Waals surface area (Å²) in [5.41, 5.74) is 8.03. The molecule has 2 aliphatic rings. The summed E-state index contributed by atoms with van der Waals surface area (Å²) in [6.45, 7) is 5.88. The average molecular weight is 286 g/mol. The van der Waals surface area contributed by atoms with Gasteiger partial charge < -0.3 is 5.73 Å². The Balaban J connectivity index is 1.73. The molecule has 0 heterocycles. The summed E-state index contributed by atoms with van der Waals surface area (Å²) in [4.78, 5) is 2.75. The Morgan fingerprint density at radius 3 is 2.43 bits per heavy atom. The molecule has 0 aromatic heterocycles. The monoisotopic (exact) mass is 286 g/mol. The lowest BCUT2D eigenvalue weighted by atomic mass is 9.78. The van der Waals surface area contributed by atoms with Gasteiger partial charge in [0, 0.05) is 24.7 Å². The first-order valence-electron chi connectivity index (χ1n) is 8.71. The zero-order chi connectivity index (χ0) is 14.8. The minimum atomic E-state index is 0.365. The van der Waals surface area contributed by atoms with Crippen LogP contribution in [-0.2, 0) is 0 Å². The Labute approximate surface area is 129 Å². The largest absolute Gasteiger partial charge is 0.326 e. The highest BCUT2D eigenvalue weighted by molar-refractivity contribution is 5.21. The molecule has 2 N–H and O–H groups in total. The van der Waals surface area contributed by atoms with E-state index in [1.165, 1.54) is 44.2 Å². The Hall–Kier alpha value is -0.860. The molecule has 0 saturated heterocycles. The molecular formula is C19H30N2. The second-order valence-corrected chi connectivity index (χ2v) is 7.47. The highest BCUT2D eigenvalue weighted by Gasteiger charge is 2.39. The lowest BCUT2D eigenvalue weighted by Crippen LogP contribution is -2.52. The van der Waals surface area contributed by atoms with Crippen molar-refractivity contribution >= 4 is 0 Å². The van der Waals surface area contributed by atoms with Crippen molar-refractivity contribution in [1.29, 1.82) is 0 Å². The first kappa shape index (κ1) is 15.1. The highest BCUT2D eigenvalue weighted by Crippen LogP contribution is 2.39. The number of rotatable bonds is 5. The van der Waals surface area contributed by atoms with Crippen molar-refractivity contribution in [2.24, 2.45) is 11.7 Å². The van der Waals surface area contributed by atoms with Crippen molar-refractivity contribution in [3.8, 4) is 0 Å². The van der Waals surface area contributed by atoms with Gasteiger partial charge >= 0.3 is 0 Å². The van der Waals surface area contributed by atoms with Gasteiger partial charge in [0.1, 0.15) is 0 Å². The topological polar surface area (TPSA) is 29.3 Å². The molecule has 0 amide bonds. The van der Waals surface area contributed by atoms with Gasteiger partial charge in [-0.1, -0.05) is 44.2 Å². The Morgan fingerprint density at radius 2 is 1.81 bits per heavy atom. The Bertz CT molecular complexity index is 438. The molecule has 1 aromatic carbocycles. The molecule has 116 valence electrons. The van der Waals surface area contributed by atoms with Gasteiger partial charge in [-0.2, -0.15) is 0 Å². The molecule has 2 fully saturated rings. The molecule has 21 heavy (non-hydrogen) atoms. The normalized spacial score (nSPS) is 30.0. The van der Waals surface area contributed by atoms with Crippen molar-refractivity contribution in [3.05, 3.63) is 35.9 Å². The van der Waals surface area contributed by atoms with E-state index < -0.39 is 0 Å². The standard InChI is InChI=1S/C19H30N2/c1-14(2)13-21(17-9-10-17)19-12-16(8-11-18(19)20)15-6-4-3-5-7-15/h3-7,14,16-19H,8-13,20H2,1-2H3. The van der Waals surface area contributed by atoms with E-state index in [1.807, 2.05) is 0 Å². The fourth-order valence-electron chi connectivity index (χ4n) is 3.96. The Morgan fingerprint density at radius 1 is 1.10 bits per heavy atom. The van der Waals surface area contributed by atoms with Crippen LogP contribution in [-0.4, -0.2) is 29.6 Å². The summed E-state index contributed by atoms with van der Waals surface area (Å²) in [6.07, 6.45) is 6.43. The van der Waals surface area contributed by atoms with Gasteiger partial charge in [-0.3, -0.25) is 4.90 Å². The SMILES string of the molecule is CC(C)CN(C1CC1)C1CC(c2ccccc2)CCC1N. The number of hydrogen-bond donors (Lipinski definition) is 1. The van der Waals surface area contributed by atoms with Gasteiger partial charge in [0.05, 0.1) is 0 Å². The first-order chi connectivity index (χ1) is 10.1. The molecule has 2 heteroatoms. The predicted octanol–water partition coefficient (Wildman–Crippen LogP) is 3.77. The van der Waals surface area contributed by atoms with Crippen LogP contribution in [0, 0.1) is 5.92 Å². The summed E-state index contributed by atoms with van der Waals surface area (Å²) in [5.74, 6) is 1.43. The number of nitrogens with two attached hydrogens (primary N) is 1. The molecule has 0 radical (unpaired) electrons. The van der Waals surface area contributed by atoms with Crippen molar-refractivity contribution in [2.45, 2.75) is 70.0 Å². The predicted molar refractivity (Wildman–Crippen MR) is 89.4 cm³/mol. The molecule has 3 atom stereocenters. The summed E-state index contributed by atoms with van der Waals surface area (Å²) >= 11 is 0. The highest BCUT2D eigenvalue weighted by atomic mass is 15.2. The summed E-state index contributed by atoms with van der Waals surface area (Å²) in [6, 6.07) is 12.8. The Kier molecular flexibility index (Phi) is 4.66. The third kappa shape index (κ3) is 3.67. The second-order valence-electron chi connectivity index (χ2n) is 7.47. The van der Waals surface area contributed by atoms with Gasteiger partial charge in [0.2, 0.25) is 0 Å². The molecular weight excluding hydrogens is 256 g/mol. The minimum Gasteiger partial charge on any atom is -0.326 e. The third-order valence-electron chi connectivity index (χ3n) is 5.16. The average Bonchev–Trinajstić information content (AvgIpc) is 3.31. The van der Waals surface area contributed by atoms with E-state index in [9.17, 15) is 0 Å². The molecule has 2 saturated carbocycles. The van der Waals surface area contributed by atoms with Crippen LogP contribution in [0.15, 0.2) is 30.3 Å². The van der Waals surface area contributed by atoms with Crippen molar-refractivity contribution in [3.63, 3.8) is 0 Å². The van der Waals surface area contributed by atoms with Crippen LogP contribution in [0.4, 0.5) is 0 Å². The maximum atomic E-state index is 6.52. The van der Waals surface area contributed by atoms with Gasteiger partial charge in [-0.15, -0.1) is 0 Å². The quantitative estimate of drug-likeness (QED) is 0.893. The van der Waals surface area contributed by atoms with E-state index in [4.69, 9.17) is 5.73 Å². The van der Waals surface area contributed by atoms with Gasteiger partial charge in [0.15, 0.2) is 0 Å². The summed E-state index contributed by atoms with van der Waals surface area (Å²) in [7, 11) is 0. The van der Waals surface area contributed by atoms with E-state index in [0.29, 0.717) is 18.0 Å². The fourth-order valence-corrected chi connectivity index (χ4v) is 3.96. The van der Waals surface area contributed by atoms with Crippen LogP contribution in [0.3, 0.4) is 0 Å². The third-order valence-corrected chi connectivity index (χ3v) is 5.16. The zero-order valence-corrected chi connectivity index (χ0v) is 13.5. The molecule has 0 bridgehead atoms. The maximum Gasteiger partial charge on any atom is 0.0256 e. The molecule has 0 aliphatic heterocycles. The fraction of sp³-hybridized carbons (Fsp3) is 0.684. The summed E-state index contributed by atoms with van der Waals surface area (Å²) < 4.78 is 0. The van der Waals surface area contributed by atoms with Crippen LogP contribution < -0.4 is 5.73 Å². The van der Waals surface area contributed by atoms with E-state index in [2.05, 4.69) is 49.1 Å². The lowest BCUT2D eigenvalue weighted by Gasteiger charge is -2.42. The van der Waals surface area contributed by atoms with Crippen LogP contribution in [0.5, 0.6) is 0 Å². The van der Waals surface area contributed by atoms with Gasteiger partial charge in [-0.25, -0.2) is 0 Å². The van der Waals surface area contributed by atoms with Crippen molar-refractivity contribution in [2.75, 3.05) is 6.54 Å². The molecule has 3 unspecified atom stereocenters. The number of benzene rings is 1. The van der Waals surface area contributed by atoms with Gasteiger partial charge in [0.25, 0.3) is 0 Å². The summed E-state index contributed by atoms with van der Waals surface area (Å²) in [5, 5.41) is 0. The smallest absolute Gasteiger partial charge is 0.0256 e. The lowest BCUT2D eigenvalue weighted by molar-refractivity contribution is 0.107. The second kappa shape index (κ2) is 6.50. The number of nitrogens with zero attached hydrogens (tertiary/aromatic N) is 1. The molecule has 2 aliphatic carbocycles. The molecule has 0 spiro atoms. The molecule has 1 aromatic rings. The first-order valence-corrected chi connectivity index (χ1v) is 8.71. The van der Waals surface area contributed by atoms with E-state index in [-0.39, 0.29) is 0 Å². The van der Waals surface area contributed by atoms with Crippen molar-refractivity contribution < 1.29 is 0 Å². The van der Waals surface area contributed by atoms with Crippen LogP contribution in [0.1, 0.15) is 57.4 Å². The molecule has 2 nitrogen and oxygen atoms in total. The van der Waals surface area contributed by atoms with Crippen LogP contribution in [0.25, 0.3) is 0 Å². The number of hydrogen-bond acceptors (Lipinski definition) is 2. The molecule has 3 rings (SSSR count). The van der Waals surface area contributed by atoms with E-state index in [1.54, 1.807) is 0 Å². The van der Waals surface area contributed by atoms with Gasteiger partial charge in [-0.05, 0) is 49.5 Å². The van der Waals surface area contributed by atoms with Crippen LogP contribution in [0.2, 0.25) is 0 Å². The van der Waals surface area contributed by atoms with E-state index >= 15 is 0 Å².